The molecule has 0 radical (unpaired) electrons. The molecule has 1 unspecified atom stereocenters. The molecule has 92 valence electrons. The summed E-state index contributed by atoms with van der Waals surface area (Å²) in [5, 5.41) is -0.190. The van der Waals surface area contributed by atoms with E-state index in [9.17, 15) is 9.59 Å². The van der Waals surface area contributed by atoms with E-state index in [0.717, 1.165) is 23.1 Å². The summed E-state index contributed by atoms with van der Waals surface area (Å²) in [7, 11) is 0. The lowest BCUT2D eigenvalue weighted by Gasteiger charge is -2.09. The molecule has 3 nitrogen and oxygen atoms in total. The van der Waals surface area contributed by atoms with Crippen molar-refractivity contribution in [1.82, 2.24) is 0 Å². The molecule has 0 saturated carbocycles. The lowest BCUT2D eigenvalue weighted by molar-refractivity contribution is -0.149. The van der Waals surface area contributed by atoms with Gasteiger partial charge in [0.25, 0.3) is 0 Å². The summed E-state index contributed by atoms with van der Waals surface area (Å²) in [4.78, 5) is 23.8. The van der Waals surface area contributed by atoms with Gasteiger partial charge in [-0.25, -0.2) is 0 Å². The molecule has 0 spiro atoms. The Labute approximate surface area is 106 Å². The van der Waals surface area contributed by atoms with Crippen LogP contribution < -0.4 is 0 Å². The van der Waals surface area contributed by atoms with Gasteiger partial charge in [0.15, 0.2) is 0 Å². The second kappa shape index (κ2) is 7.12. The Morgan fingerprint density at radius 1 is 1.29 bits per heavy atom. The molecule has 0 aliphatic carbocycles. The third-order valence-corrected chi connectivity index (χ3v) is 3.05. The minimum Gasteiger partial charge on any atom is -0.462 e. The molecule has 0 bridgehead atoms. The van der Waals surface area contributed by atoms with Crippen molar-refractivity contribution in [1.29, 1.82) is 0 Å². The molecule has 0 aromatic heterocycles. The second-order valence-corrected chi connectivity index (χ2v) is 4.80. The van der Waals surface area contributed by atoms with Gasteiger partial charge in [-0.3, -0.25) is 9.59 Å². The average molecular weight is 252 g/mol. The van der Waals surface area contributed by atoms with Crippen LogP contribution in [0.3, 0.4) is 0 Å². The number of carbonyl (C=O) groups is 2. The molecule has 1 aromatic carbocycles. The lowest BCUT2D eigenvalue weighted by Crippen LogP contribution is -2.15. The molecule has 0 heterocycles. The third kappa shape index (κ3) is 5.54. The van der Waals surface area contributed by atoms with E-state index in [1.165, 1.54) is 0 Å². The molecular weight excluding hydrogens is 236 g/mol. The largest absolute Gasteiger partial charge is 0.462 e. The molecule has 0 saturated heterocycles. The SMILES string of the molecule is CCC(C)OC(=O)CC(=O)Sc1ccccc1. The summed E-state index contributed by atoms with van der Waals surface area (Å²) in [6, 6.07) is 9.26. The van der Waals surface area contributed by atoms with E-state index in [0.29, 0.717) is 0 Å². The van der Waals surface area contributed by atoms with Gasteiger partial charge in [-0.1, -0.05) is 36.9 Å². The summed E-state index contributed by atoms with van der Waals surface area (Å²) in [5.74, 6) is -0.451. The average Bonchev–Trinajstić information content (AvgIpc) is 2.29. The van der Waals surface area contributed by atoms with Crippen LogP contribution in [0.5, 0.6) is 0 Å². The summed E-state index contributed by atoms with van der Waals surface area (Å²) in [5.41, 5.74) is 0. The fourth-order valence-electron chi connectivity index (χ4n) is 1.12. The molecule has 0 aliphatic heterocycles. The quantitative estimate of drug-likeness (QED) is 0.459. The van der Waals surface area contributed by atoms with Gasteiger partial charge in [0, 0.05) is 4.90 Å². The Hall–Kier alpha value is -1.29. The highest BCUT2D eigenvalue weighted by atomic mass is 32.2. The number of esters is 1. The van der Waals surface area contributed by atoms with Crippen LogP contribution in [-0.2, 0) is 14.3 Å². The van der Waals surface area contributed by atoms with Crippen LogP contribution in [0.4, 0.5) is 0 Å². The molecule has 0 fully saturated rings. The first-order valence-corrected chi connectivity index (χ1v) is 6.38. The second-order valence-electron chi connectivity index (χ2n) is 3.67. The van der Waals surface area contributed by atoms with Gasteiger partial charge in [0.05, 0.1) is 6.10 Å². The van der Waals surface area contributed by atoms with Crippen LogP contribution in [0.25, 0.3) is 0 Å². The van der Waals surface area contributed by atoms with Crippen molar-refractivity contribution in [2.24, 2.45) is 0 Å². The van der Waals surface area contributed by atoms with Crippen molar-refractivity contribution < 1.29 is 14.3 Å². The summed E-state index contributed by atoms with van der Waals surface area (Å²) < 4.78 is 5.03. The lowest BCUT2D eigenvalue weighted by atomic mass is 10.3. The number of ether oxygens (including phenoxy) is 1. The zero-order valence-electron chi connectivity index (χ0n) is 10.0. The van der Waals surface area contributed by atoms with Crippen molar-refractivity contribution in [2.45, 2.75) is 37.7 Å². The Morgan fingerprint density at radius 2 is 1.94 bits per heavy atom. The Morgan fingerprint density at radius 3 is 2.53 bits per heavy atom. The van der Waals surface area contributed by atoms with E-state index in [4.69, 9.17) is 4.74 Å². The molecule has 1 rings (SSSR count). The minimum atomic E-state index is -0.451. The number of benzene rings is 1. The highest BCUT2D eigenvalue weighted by molar-refractivity contribution is 8.13. The van der Waals surface area contributed by atoms with Crippen molar-refractivity contribution in [3.8, 4) is 0 Å². The molecule has 1 aromatic rings. The molecule has 0 amide bonds. The van der Waals surface area contributed by atoms with E-state index < -0.39 is 5.97 Å². The highest BCUT2D eigenvalue weighted by Crippen LogP contribution is 2.19. The summed E-state index contributed by atoms with van der Waals surface area (Å²) in [6.07, 6.45) is 0.451. The standard InChI is InChI=1S/C13H16O3S/c1-3-10(2)16-12(14)9-13(15)17-11-7-5-4-6-8-11/h4-8,10H,3,9H2,1-2H3. The van der Waals surface area contributed by atoms with Crippen LogP contribution >= 0.6 is 11.8 Å². The van der Waals surface area contributed by atoms with Gasteiger partial charge in [-0.2, -0.15) is 0 Å². The maximum absolute atomic E-state index is 11.6. The van der Waals surface area contributed by atoms with E-state index in [-0.39, 0.29) is 17.6 Å². The molecule has 1 atom stereocenters. The number of rotatable bonds is 5. The monoisotopic (exact) mass is 252 g/mol. The fraction of sp³-hybridized carbons (Fsp3) is 0.385. The zero-order valence-corrected chi connectivity index (χ0v) is 10.8. The van der Waals surface area contributed by atoms with Crippen LogP contribution in [0.2, 0.25) is 0 Å². The Bertz CT molecular complexity index is 376. The highest BCUT2D eigenvalue weighted by Gasteiger charge is 2.14. The first kappa shape index (κ1) is 13.8. The van der Waals surface area contributed by atoms with Gasteiger partial charge in [0.2, 0.25) is 5.12 Å². The smallest absolute Gasteiger partial charge is 0.314 e. The topological polar surface area (TPSA) is 43.4 Å². The van der Waals surface area contributed by atoms with E-state index in [1.54, 1.807) is 0 Å². The summed E-state index contributed by atoms with van der Waals surface area (Å²) >= 11 is 1.07. The van der Waals surface area contributed by atoms with E-state index >= 15 is 0 Å². The Kier molecular flexibility index (Phi) is 5.77. The van der Waals surface area contributed by atoms with Gasteiger partial charge in [-0.15, -0.1) is 0 Å². The number of carbonyl (C=O) groups excluding carboxylic acids is 2. The molecule has 0 aliphatic rings. The van der Waals surface area contributed by atoms with Crippen LogP contribution in [0.15, 0.2) is 35.2 Å². The first-order valence-electron chi connectivity index (χ1n) is 5.57. The minimum absolute atomic E-state index is 0.128. The number of hydrogen-bond donors (Lipinski definition) is 0. The van der Waals surface area contributed by atoms with Gasteiger partial charge in [0.1, 0.15) is 6.42 Å². The van der Waals surface area contributed by atoms with Crippen molar-refractivity contribution in [3.05, 3.63) is 30.3 Å². The van der Waals surface area contributed by atoms with Crippen LogP contribution in [0.1, 0.15) is 26.7 Å². The van der Waals surface area contributed by atoms with E-state index in [1.807, 2.05) is 44.2 Å². The molecular formula is C13H16O3S. The maximum Gasteiger partial charge on any atom is 0.314 e. The number of hydrogen-bond acceptors (Lipinski definition) is 4. The fourth-order valence-corrected chi connectivity index (χ4v) is 1.87. The first-order chi connectivity index (χ1) is 8.11. The molecule has 0 N–H and O–H groups in total. The third-order valence-electron chi connectivity index (χ3n) is 2.17. The van der Waals surface area contributed by atoms with Gasteiger partial charge in [-0.05, 0) is 25.5 Å². The molecule has 17 heavy (non-hydrogen) atoms. The van der Waals surface area contributed by atoms with Gasteiger partial charge < -0.3 is 4.74 Å². The van der Waals surface area contributed by atoms with Crippen molar-refractivity contribution in [2.75, 3.05) is 0 Å². The molecule has 4 heteroatoms. The van der Waals surface area contributed by atoms with Crippen LogP contribution in [0, 0.1) is 0 Å². The predicted molar refractivity (Wildman–Crippen MR) is 67.8 cm³/mol. The predicted octanol–water partition coefficient (Wildman–Crippen LogP) is 3.04. The maximum atomic E-state index is 11.6. The van der Waals surface area contributed by atoms with E-state index in [2.05, 4.69) is 0 Å². The van der Waals surface area contributed by atoms with Crippen molar-refractivity contribution in [3.63, 3.8) is 0 Å². The van der Waals surface area contributed by atoms with Crippen molar-refractivity contribution >= 4 is 22.8 Å². The normalized spacial score (nSPS) is 11.9. The number of thioether (sulfide) groups is 1. The van der Waals surface area contributed by atoms with Gasteiger partial charge >= 0.3 is 5.97 Å². The summed E-state index contributed by atoms with van der Waals surface area (Å²) in [6.45, 7) is 3.74. The Balaban J connectivity index is 2.37. The zero-order chi connectivity index (χ0) is 12.7. The van der Waals surface area contributed by atoms with Crippen LogP contribution in [-0.4, -0.2) is 17.2 Å².